The van der Waals surface area contributed by atoms with Crippen LogP contribution in [0.3, 0.4) is 0 Å². The highest BCUT2D eigenvalue weighted by atomic mass is 35.5. The lowest BCUT2D eigenvalue weighted by Crippen LogP contribution is -2.38. The molecule has 2 heterocycles. The largest absolute Gasteiger partial charge is 0.252 e. The molecule has 0 radical (unpaired) electrons. The summed E-state index contributed by atoms with van der Waals surface area (Å²) in [6.07, 6.45) is 5.60. The molecule has 2 aromatic heterocycles. The Morgan fingerprint density at radius 3 is 1.65 bits per heavy atom. The van der Waals surface area contributed by atoms with Gasteiger partial charge in [-0.2, -0.15) is 5.10 Å². The van der Waals surface area contributed by atoms with Gasteiger partial charge in [-0.3, -0.25) is 4.68 Å². The smallest absolute Gasteiger partial charge is 0.138 e. The molecule has 31 heavy (non-hydrogen) atoms. The zero-order valence-electron chi connectivity index (χ0n) is 16.8. The van der Waals surface area contributed by atoms with Crippen molar-refractivity contribution in [3.8, 4) is 11.1 Å². The third kappa shape index (κ3) is 3.33. The van der Waals surface area contributed by atoms with E-state index in [0.29, 0.717) is 5.15 Å². The Labute approximate surface area is 186 Å². The van der Waals surface area contributed by atoms with E-state index in [1.165, 1.54) is 0 Å². The van der Waals surface area contributed by atoms with E-state index >= 15 is 0 Å². The van der Waals surface area contributed by atoms with Gasteiger partial charge in [0.2, 0.25) is 0 Å². The molecule has 0 fully saturated rings. The lowest BCUT2D eigenvalue weighted by atomic mass is 9.77. The first-order valence-electron chi connectivity index (χ1n) is 10.1. The summed E-state index contributed by atoms with van der Waals surface area (Å²) in [5.41, 5.74) is 4.51. The average Bonchev–Trinajstić information content (AvgIpc) is 3.32. The van der Waals surface area contributed by atoms with Gasteiger partial charge in [0.1, 0.15) is 10.7 Å². The highest BCUT2D eigenvalue weighted by Crippen LogP contribution is 2.41. The van der Waals surface area contributed by atoms with E-state index in [4.69, 9.17) is 16.7 Å². The highest BCUT2D eigenvalue weighted by Gasteiger charge is 2.39. The van der Waals surface area contributed by atoms with Gasteiger partial charge in [0.05, 0.1) is 6.20 Å². The minimum Gasteiger partial charge on any atom is -0.252 e. The molecule has 0 saturated heterocycles. The van der Waals surface area contributed by atoms with Crippen LogP contribution in [-0.2, 0) is 5.54 Å². The number of pyridine rings is 1. The molecule has 0 atom stereocenters. The number of aromatic nitrogens is 3. The van der Waals surface area contributed by atoms with Crippen molar-refractivity contribution < 1.29 is 0 Å². The fraction of sp³-hybridized carbons (Fsp3) is 0.0370. The second-order valence-electron chi connectivity index (χ2n) is 7.32. The van der Waals surface area contributed by atoms with Gasteiger partial charge in [-0.25, -0.2) is 4.98 Å². The molecule has 0 saturated carbocycles. The van der Waals surface area contributed by atoms with Gasteiger partial charge in [0, 0.05) is 23.5 Å². The topological polar surface area (TPSA) is 30.7 Å². The normalized spacial score (nSPS) is 11.4. The summed E-state index contributed by atoms with van der Waals surface area (Å²) in [4.78, 5) is 4.23. The Kier molecular flexibility index (Phi) is 5.11. The molecule has 0 bridgehead atoms. The summed E-state index contributed by atoms with van der Waals surface area (Å²) in [6.45, 7) is 0. The predicted octanol–water partition coefficient (Wildman–Crippen LogP) is 6.44. The van der Waals surface area contributed by atoms with E-state index in [1.807, 2.05) is 41.2 Å². The highest BCUT2D eigenvalue weighted by molar-refractivity contribution is 6.32. The van der Waals surface area contributed by atoms with Crippen molar-refractivity contribution in [3.05, 3.63) is 144 Å². The van der Waals surface area contributed by atoms with Crippen molar-refractivity contribution in [3.63, 3.8) is 0 Å². The monoisotopic (exact) mass is 421 g/mol. The first-order valence-corrected chi connectivity index (χ1v) is 10.5. The summed E-state index contributed by atoms with van der Waals surface area (Å²) >= 11 is 6.39. The zero-order chi connectivity index (χ0) is 21.1. The summed E-state index contributed by atoms with van der Waals surface area (Å²) in [6, 6.07) is 35.3. The standard InChI is InChI=1S/C27H20ClN3/c28-26-25(17-10-18-29-26)21-19-30-31(20-21)27(22-11-4-1-5-12-22,23-13-6-2-7-14-23)24-15-8-3-9-16-24/h1-20H. The number of nitrogens with zero attached hydrogens (tertiary/aromatic N) is 3. The van der Waals surface area contributed by atoms with Gasteiger partial charge in [0.15, 0.2) is 0 Å². The summed E-state index contributed by atoms with van der Waals surface area (Å²) in [5.74, 6) is 0. The maximum absolute atomic E-state index is 6.39. The summed E-state index contributed by atoms with van der Waals surface area (Å²) < 4.78 is 2.03. The van der Waals surface area contributed by atoms with E-state index in [-0.39, 0.29) is 0 Å². The van der Waals surface area contributed by atoms with E-state index in [9.17, 15) is 0 Å². The number of rotatable bonds is 5. The number of benzene rings is 3. The van der Waals surface area contributed by atoms with Crippen LogP contribution in [0.1, 0.15) is 16.7 Å². The molecule has 3 nitrogen and oxygen atoms in total. The molecule has 0 unspecified atom stereocenters. The molecular weight excluding hydrogens is 402 g/mol. The third-order valence-electron chi connectivity index (χ3n) is 5.57. The maximum atomic E-state index is 6.39. The fourth-order valence-corrected chi connectivity index (χ4v) is 4.41. The van der Waals surface area contributed by atoms with Crippen LogP contribution in [0.25, 0.3) is 11.1 Å². The van der Waals surface area contributed by atoms with E-state index in [1.54, 1.807) is 6.20 Å². The van der Waals surface area contributed by atoms with E-state index in [0.717, 1.165) is 27.8 Å². The van der Waals surface area contributed by atoms with Gasteiger partial charge in [-0.15, -0.1) is 0 Å². The molecule has 5 rings (SSSR count). The Morgan fingerprint density at radius 1 is 0.645 bits per heavy atom. The Balaban J connectivity index is 1.83. The maximum Gasteiger partial charge on any atom is 0.138 e. The molecule has 0 aliphatic carbocycles. The molecule has 4 heteroatoms. The first-order chi connectivity index (χ1) is 15.3. The molecule has 0 amide bonds. The van der Waals surface area contributed by atoms with Crippen molar-refractivity contribution in [1.29, 1.82) is 0 Å². The Morgan fingerprint density at radius 2 is 1.16 bits per heavy atom. The molecule has 0 spiro atoms. The zero-order valence-corrected chi connectivity index (χ0v) is 17.5. The van der Waals surface area contributed by atoms with Crippen LogP contribution < -0.4 is 0 Å². The molecule has 5 aromatic rings. The summed E-state index contributed by atoms with van der Waals surface area (Å²) in [7, 11) is 0. The quantitative estimate of drug-likeness (QED) is 0.241. The number of halogens is 1. The minimum absolute atomic E-state index is 0.465. The first kappa shape index (κ1) is 19.3. The van der Waals surface area contributed by atoms with Crippen LogP contribution in [0.2, 0.25) is 5.15 Å². The molecular formula is C27H20ClN3. The average molecular weight is 422 g/mol. The van der Waals surface area contributed by atoms with Crippen LogP contribution in [0, 0.1) is 0 Å². The second kappa shape index (κ2) is 8.21. The van der Waals surface area contributed by atoms with Crippen LogP contribution in [0.15, 0.2) is 122 Å². The van der Waals surface area contributed by atoms with Crippen LogP contribution >= 0.6 is 11.6 Å². The van der Waals surface area contributed by atoms with E-state index in [2.05, 4.69) is 84.0 Å². The lowest BCUT2D eigenvalue weighted by molar-refractivity contribution is 0.460. The van der Waals surface area contributed by atoms with Gasteiger partial charge < -0.3 is 0 Å². The van der Waals surface area contributed by atoms with Gasteiger partial charge in [-0.1, -0.05) is 103 Å². The van der Waals surface area contributed by atoms with Crippen molar-refractivity contribution in [2.24, 2.45) is 0 Å². The van der Waals surface area contributed by atoms with Crippen LogP contribution in [0.4, 0.5) is 0 Å². The van der Waals surface area contributed by atoms with Crippen LogP contribution in [-0.4, -0.2) is 14.8 Å². The minimum atomic E-state index is -0.642. The predicted molar refractivity (Wildman–Crippen MR) is 125 cm³/mol. The molecule has 0 aliphatic rings. The molecule has 3 aromatic carbocycles. The van der Waals surface area contributed by atoms with Gasteiger partial charge in [-0.05, 0) is 28.8 Å². The van der Waals surface area contributed by atoms with Crippen molar-refractivity contribution >= 4 is 11.6 Å². The molecule has 150 valence electrons. The SMILES string of the molecule is Clc1ncccc1-c1cnn(C(c2ccccc2)(c2ccccc2)c2ccccc2)c1. The van der Waals surface area contributed by atoms with Gasteiger partial charge >= 0.3 is 0 Å². The Hall–Kier alpha value is -3.69. The second-order valence-corrected chi connectivity index (χ2v) is 7.68. The van der Waals surface area contributed by atoms with Crippen molar-refractivity contribution in [2.75, 3.05) is 0 Å². The van der Waals surface area contributed by atoms with E-state index < -0.39 is 5.54 Å². The molecule has 0 N–H and O–H groups in total. The summed E-state index contributed by atoms with van der Waals surface area (Å²) in [5, 5.41) is 5.33. The lowest BCUT2D eigenvalue weighted by Gasteiger charge is -2.36. The third-order valence-corrected chi connectivity index (χ3v) is 5.87. The van der Waals surface area contributed by atoms with Crippen LogP contribution in [0.5, 0.6) is 0 Å². The van der Waals surface area contributed by atoms with Gasteiger partial charge in [0.25, 0.3) is 0 Å². The fourth-order valence-electron chi connectivity index (χ4n) is 4.18. The number of hydrogen-bond acceptors (Lipinski definition) is 2. The molecule has 0 aliphatic heterocycles. The van der Waals surface area contributed by atoms with Crippen molar-refractivity contribution in [1.82, 2.24) is 14.8 Å². The number of hydrogen-bond donors (Lipinski definition) is 0. The Bertz CT molecular complexity index is 1190. The van der Waals surface area contributed by atoms with Crippen molar-refractivity contribution in [2.45, 2.75) is 5.54 Å².